The largest absolute Gasteiger partial charge is 0.357 e. The number of hydrogen-bond acceptors (Lipinski definition) is 3. The Hall–Kier alpha value is -1.92. The highest BCUT2D eigenvalue weighted by atomic mass is 35.5. The first-order chi connectivity index (χ1) is 11.5. The van der Waals surface area contributed by atoms with Crippen LogP contribution < -0.4 is 10.7 Å². The molecule has 0 aliphatic heterocycles. The third kappa shape index (κ3) is 5.32. The number of hydrogen-bond donors (Lipinski definition) is 2. The minimum atomic E-state index is 0.457. The Bertz CT molecular complexity index is 709. The van der Waals surface area contributed by atoms with Crippen molar-refractivity contribution >= 4 is 35.1 Å². The summed E-state index contributed by atoms with van der Waals surface area (Å²) in [6.45, 7) is 7.58. The number of halogens is 1. The number of aryl methyl sites for hydroxylation is 1. The van der Waals surface area contributed by atoms with Crippen LogP contribution in [0.25, 0.3) is 0 Å². The molecule has 0 unspecified atom stereocenters. The van der Waals surface area contributed by atoms with Crippen LogP contribution in [0.5, 0.6) is 0 Å². The van der Waals surface area contributed by atoms with Gasteiger partial charge in [-0.2, -0.15) is 10.2 Å². The van der Waals surface area contributed by atoms with E-state index >= 15 is 0 Å². The van der Waals surface area contributed by atoms with Crippen LogP contribution in [0, 0.1) is 12.8 Å². The smallest absolute Gasteiger partial charge is 0.187 e. The molecule has 2 rings (SSSR count). The number of nitrogens with zero attached hydrogens (tertiary/aromatic N) is 3. The van der Waals surface area contributed by atoms with E-state index in [4.69, 9.17) is 23.8 Å². The van der Waals surface area contributed by atoms with Gasteiger partial charge in [0, 0.05) is 13.1 Å². The Kier molecular flexibility index (Phi) is 6.75. The Morgan fingerprint density at radius 2 is 2.08 bits per heavy atom. The topological polar surface area (TPSA) is 54.2 Å². The molecule has 2 N–H and O–H groups in total. The highest BCUT2D eigenvalue weighted by molar-refractivity contribution is 7.80. The van der Waals surface area contributed by atoms with Gasteiger partial charge in [0.05, 0.1) is 17.5 Å². The van der Waals surface area contributed by atoms with Gasteiger partial charge in [0.25, 0.3) is 0 Å². The highest BCUT2D eigenvalue weighted by Crippen LogP contribution is 2.18. The van der Waals surface area contributed by atoms with Crippen molar-refractivity contribution in [2.45, 2.75) is 33.9 Å². The highest BCUT2D eigenvalue weighted by Gasteiger charge is 2.12. The van der Waals surface area contributed by atoms with Crippen molar-refractivity contribution in [3.63, 3.8) is 0 Å². The molecule has 128 valence electrons. The summed E-state index contributed by atoms with van der Waals surface area (Å²) in [5.74, 6) is 0.472. The van der Waals surface area contributed by atoms with Gasteiger partial charge < -0.3 is 5.32 Å². The molecule has 0 spiro atoms. The van der Waals surface area contributed by atoms with E-state index in [9.17, 15) is 0 Å². The molecule has 0 saturated carbocycles. The predicted octanol–water partition coefficient (Wildman–Crippen LogP) is 3.50. The molecular formula is C17H22ClN5S. The maximum absolute atomic E-state index is 6.36. The van der Waals surface area contributed by atoms with Gasteiger partial charge in [-0.3, -0.25) is 10.1 Å². The summed E-state index contributed by atoms with van der Waals surface area (Å²) >= 11 is 11.6. The van der Waals surface area contributed by atoms with E-state index in [1.54, 1.807) is 10.9 Å². The lowest BCUT2D eigenvalue weighted by molar-refractivity contribution is 0.482. The van der Waals surface area contributed by atoms with E-state index in [1.807, 2.05) is 37.3 Å². The third-order valence-corrected chi connectivity index (χ3v) is 3.94. The number of hydrazone groups is 1. The molecule has 0 aliphatic rings. The Morgan fingerprint density at radius 1 is 1.38 bits per heavy atom. The van der Waals surface area contributed by atoms with Crippen LogP contribution in [0.2, 0.25) is 5.15 Å². The molecule has 1 heterocycles. The Morgan fingerprint density at radius 3 is 2.75 bits per heavy atom. The van der Waals surface area contributed by atoms with Gasteiger partial charge >= 0.3 is 0 Å². The Balaban J connectivity index is 1.89. The number of rotatable bonds is 6. The number of thiocarbonyl (C=S) groups is 1. The molecule has 5 nitrogen and oxygen atoms in total. The molecule has 0 bridgehead atoms. The minimum absolute atomic E-state index is 0.457. The summed E-state index contributed by atoms with van der Waals surface area (Å²) < 4.78 is 1.80. The molecule has 0 aliphatic carbocycles. The first-order valence-electron chi connectivity index (χ1n) is 7.81. The minimum Gasteiger partial charge on any atom is -0.357 e. The zero-order valence-electron chi connectivity index (χ0n) is 14.1. The number of aromatic nitrogens is 2. The predicted molar refractivity (Wildman–Crippen MR) is 103 cm³/mol. The standard InChI is InChI=1S/C17H22ClN5S/c1-12(2)11-23-16(18)15(13(3)22-23)10-20-21-17(24)19-9-14-7-5-4-6-8-14/h4-8,10,12H,9,11H2,1-3H3,(H2,19,21,24)/b20-10-. The average molecular weight is 364 g/mol. The maximum atomic E-state index is 6.36. The second kappa shape index (κ2) is 8.80. The van der Waals surface area contributed by atoms with Crippen molar-refractivity contribution in [3.8, 4) is 0 Å². The van der Waals surface area contributed by atoms with Crippen LogP contribution in [0.4, 0.5) is 0 Å². The lowest BCUT2D eigenvalue weighted by Gasteiger charge is -2.07. The van der Waals surface area contributed by atoms with Crippen LogP contribution in [0.1, 0.15) is 30.7 Å². The second-order valence-electron chi connectivity index (χ2n) is 5.90. The molecule has 0 fully saturated rings. The maximum Gasteiger partial charge on any atom is 0.187 e. The number of nitrogens with one attached hydrogen (secondary N) is 2. The van der Waals surface area contributed by atoms with E-state index in [0.29, 0.717) is 22.7 Å². The molecule has 2 aromatic rings. The van der Waals surface area contributed by atoms with Gasteiger partial charge in [0.1, 0.15) is 5.15 Å². The van der Waals surface area contributed by atoms with Gasteiger partial charge in [-0.1, -0.05) is 55.8 Å². The van der Waals surface area contributed by atoms with Crippen LogP contribution in [0.3, 0.4) is 0 Å². The summed E-state index contributed by atoms with van der Waals surface area (Å²) in [4.78, 5) is 0. The van der Waals surface area contributed by atoms with E-state index < -0.39 is 0 Å². The van der Waals surface area contributed by atoms with Crippen molar-refractivity contribution in [2.24, 2.45) is 11.0 Å². The fraction of sp³-hybridized carbons (Fsp3) is 0.353. The summed E-state index contributed by atoms with van der Waals surface area (Å²) in [5, 5.41) is 12.7. The fourth-order valence-electron chi connectivity index (χ4n) is 2.15. The normalized spacial score (nSPS) is 11.2. The molecule has 0 saturated heterocycles. The SMILES string of the molecule is Cc1nn(CC(C)C)c(Cl)c1/C=N\NC(=S)NCc1ccccc1. The number of benzene rings is 1. The van der Waals surface area contributed by atoms with Gasteiger partial charge in [0.15, 0.2) is 5.11 Å². The van der Waals surface area contributed by atoms with Gasteiger partial charge in [-0.15, -0.1) is 0 Å². The first kappa shape index (κ1) is 18.4. The molecule has 24 heavy (non-hydrogen) atoms. The molecule has 0 amide bonds. The van der Waals surface area contributed by atoms with Crippen molar-refractivity contribution in [1.29, 1.82) is 0 Å². The monoisotopic (exact) mass is 363 g/mol. The van der Waals surface area contributed by atoms with Crippen LogP contribution in [0.15, 0.2) is 35.4 Å². The zero-order chi connectivity index (χ0) is 17.5. The zero-order valence-corrected chi connectivity index (χ0v) is 15.7. The summed E-state index contributed by atoms with van der Waals surface area (Å²) in [7, 11) is 0. The quantitative estimate of drug-likeness (QED) is 0.468. The van der Waals surface area contributed by atoms with E-state index in [0.717, 1.165) is 23.4 Å². The Labute approximate surface area is 153 Å². The van der Waals surface area contributed by atoms with Gasteiger partial charge in [-0.25, -0.2) is 0 Å². The van der Waals surface area contributed by atoms with Crippen molar-refractivity contribution in [3.05, 3.63) is 52.3 Å². The summed E-state index contributed by atoms with van der Waals surface area (Å²) in [6.07, 6.45) is 1.65. The lowest BCUT2D eigenvalue weighted by atomic mass is 10.2. The van der Waals surface area contributed by atoms with Gasteiger partial charge in [0.2, 0.25) is 0 Å². The summed E-state index contributed by atoms with van der Waals surface area (Å²) in [6, 6.07) is 10.0. The molecule has 0 radical (unpaired) electrons. The van der Waals surface area contributed by atoms with E-state index in [1.165, 1.54) is 0 Å². The fourth-order valence-corrected chi connectivity index (χ4v) is 2.57. The average Bonchev–Trinajstić information content (AvgIpc) is 2.80. The second-order valence-corrected chi connectivity index (χ2v) is 6.67. The van der Waals surface area contributed by atoms with Gasteiger partial charge in [-0.05, 0) is 30.6 Å². The van der Waals surface area contributed by atoms with Crippen molar-refractivity contribution in [1.82, 2.24) is 20.5 Å². The van der Waals surface area contributed by atoms with E-state index in [-0.39, 0.29) is 0 Å². The molecule has 1 aromatic heterocycles. The van der Waals surface area contributed by atoms with Crippen LogP contribution >= 0.6 is 23.8 Å². The summed E-state index contributed by atoms with van der Waals surface area (Å²) in [5.41, 5.74) is 5.60. The lowest BCUT2D eigenvalue weighted by Crippen LogP contribution is -2.31. The third-order valence-electron chi connectivity index (χ3n) is 3.30. The van der Waals surface area contributed by atoms with Crippen LogP contribution in [-0.2, 0) is 13.1 Å². The van der Waals surface area contributed by atoms with Crippen molar-refractivity contribution < 1.29 is 0 Å². The van der Waals surface area contributed by atoms with Crippen molar-refractivity contribution in [2.75, 3.05) is 0 Å². The van der Waals surface area contributed by atoms with E-state index in [2.05, 4.69) is 34.8 Å². The molecule has 7 heteroatoms. The molecular weight excluding hydrogens is 342 g/mol. The first-order valence-corrected chi connectivity index (χ1v) is 8.59. The van der Waals surface area contributed by atoms with Crippen LogP contribution in [-0.4, -0.2) is 21.1 Å². The molecule has 0 atom stereocenters. The molecule has 1 aromatic carbocycles.